The molecule has 2 aromatic carbocycles. The Morgan fingerprint density at radius 3 is 2.57 bits per heavy atom. The van der Waals surface area contributed by atoms with Crippen LogP contribution in [0.15, 0.2) is 48.9 Å². The standard InChI is InChI=1S/C23H26FNO5/c1-5-16-9-10-18(20(24)19(16)21-27-11-12-28-21)29-14-15-7-6-8-17(13-15)25-22(26)30-23(2,3)4/h6-13,21H,5,14H2,1-4H3,(H,25,26). The highest BCUT2D eigenvalue weighted by molar-refractivity contribution is 5.84. The number of amides is 1. The molecule has 1 heterocycles. The lowest BCUT2D eigenvalue weighted by Crippen LogP contribution is -2.27. The Hall–Kier alpha value is -3.22. The van der Waals surface area contributed by atoms with Crippen molar-refractivity contribution in [3.8, 4) is 5.75 Å². The lowest BCUT2D eigenvalue weighted by molar-refractivity contribution is -0.0281. The summed E-state index contributed by atoms with van der Waals surface area (Å²) >= 11 is 0. The summed E-state index contributed by atoms with van der Waals surface area (Å²) < 4.78 is 36.7. The Kier molecular flexibility index (Phi) is 6.50. The van der Waals surface area contributed by atoms with Gasteiger partial charge in [-0.2, -0.15) is 0 Å². The highest BCUT2D eigenvalue weighted by atomic mass is 19.1. The number of halogens is 1. The molecular formula is C23H26FNO5. The molecule has 1 aliphatic rings. The van der Waals surface area contributed by atoms with E-state index in [2.05, 4.69) is 5.32 Å². The summed E-state index contributed by atoms with van der Waals surface area (Å²) in [6, 6.07) is 10.5. The fourth-order valence-electron chi connectivity index (χ4n) is 2.98. The predicted molar refractivity (Wildman–Crippen MR) is 110 cm³/mol. The van der Waals surface area contributed by atoms with E-state index in [9.17, 15) is 4.79 Å². The quantitative estimate of drug-likeness (QED) is 0.643. The molecule has 0 aliphatic carbocycles. The first-order chi connectivity index (χ1) is 14.3. The number of anilines is 1. The van der Waals surface area contributed by atoms with Crippen molar-refractivity contribution in [3.05, 3.63) is 71.4 Å². The van der Waals surface area contributed by atoms with Crippen molar-refractivity contribution in [2.45, 2.75) is 52.6 Å². The van der Waals surface area contributed by atoms with Crippen molar-refractivity contribution in [3.63, 3.8) is 0 Å². The Morgan fingerprint density at radius 2 is 1.90 bits per heavy atom. The fraction of sp³-hybridized carbons (Fsp3) is 0.348. The molecule has 30 heavy (non-hydrogen) atoms. The minimum atomic E-state index is -0.815. The zero-order valence-electron chi connectivity index (χ0n) is 17.5. The molecule has 160 valence electrons. The smallest absolute Gasteiger partial charge is 0.412 e. The molecule has 1 N–H and O–H groups in total. The van der Waals surface area contributed by atoms with Gasteiger partial charge in [0, 0.05) is 5.69 Å². The zero-order chi connectivity index (χ0) is 21.7. The van der Waals surface area contributed by atoms with Crippen LogP contribution in [0.4, 0.5) is 14.9 Å². The van der Waals surface area contributed by atoms with Crippen LogP contribution in [-0.4, -0.2) is 11.7 Å². The molecule has 0 spiro atoms. The van der Waals surface area contributed by atoms with Crippen LogP contribution >= 0.6 is 0 Å². The number of aryl methyl sites for hydroxylation is 1. The first-order valence-electron chi connectivity index (χ1n) is 9.76. The summed E-state index contributed by atoms with van der Waals surface area (Å²) in [7, 11) is 0. The second kappa shape index (κ2) is 9.07. The number of benzene rings is 2. The van der Waals surface area contributed by atoms with Crippen LogP contribution in [-0.2, 0) is 27.2 Å². The van der Waals surface area contributed by atoms with Crippen molar-refractivity contribution in [1.29, 1.82) is 0 Å². The molecule has 1 amide bonds. The highest BCUT2D eigenvalue weighted by Crippen LogP contribution is 2.34. The van der Waals surface area contributed by atoms with E-state index in [1.807, 2.05) is 13.0 Å². The van der Waals surface area contributed by atoms with Gasteiger partial charge in [0.25, 0.3) is 6.29 Å². The van der Waals surface area contributed by atoms with E-state index < -0.39 is 23.8 Å². The first-order valence-corrected chi connectivity index (χ1v) is 9.76. The van der Waals surface area contributed by atoms with Crippen molar-refractivity contribution in [2.75, 3.05) is 5.32 Å². The molecular weight excluding hydrogens is 389 g/mol. The Morgan fingerprint density at radius 1 is 1.17 bits per heavy atom. The molecule has 0 aromatic heterocycles. The van der Waals surface area contributed by atoms with Crippen LogP contribution in [0.1, 0.15) is 50.7 Å². The maximum atomic E-state index is 15.1. The fourth-order valence-corrected chi connectivity index (χ4v) is 2.98. The van der Waals surface area contributed by atoms with Crippen molar-refractivity contribution < 1.29 is 28.1 Å². The predicted octanol–water partition coefficient (Wildman–Crippen LogP) is 5.83. The number of rotatable bonds is 6. The van der Waals surface area contributed by atoms with Gasteiger partial charge in [0.1, 0.15) is 24.7 Å². The third kappa shape index (κ3) is 5.43. The molecule has 0 radical (unpaired) electrons. The first kappa shape index (κ1) is 21.5. The summed E-state index contributed by atoms with van der Waals surface area (Å²) in [6.45, 7) is 7.43. The summed E-state index contributed by atoms with van der Waals surface area (Å²) in [5.41, 5.74) is 1.86. The minimum Gasteiger partial charge on any atom is -0.486 e. The SMILES string of the molecule is CCc1ccc(OCc2cccc(NC(=O)OC(C)(C)C)c2)c(F)c1C1OC=CO1. The molecule has 0 unspecified atom stereocenters. The zero-order valence-corrected chi connectivity index (χ0v) is 17.5. The lowest BCUT2D eigenvalue weighted by Gasteiger charge is -2.20. The summed E-state index contributed by atoms with van der Waals surface area (Å²) in [5, 5.41) is 2.68. The van der Waals surface area contributed by atoms with E-state index in [1.54, 1.807) is 51.1 Å². The van der Waals surface area contributed by atoms with Gasteiger partial charge < -0.3 is 18.9 Å². The van der Waals surface area contributed by atoms with Crippen LogP contribution in [0.3, 0.4) is 0 Å². The van der Waals surface area contributed by atoms with E-state index in [-0.39, 0.29) is 12.4 Å². The van der Waals surface area contributed by atoms with Gasteiger partial charge in [0.2, 0.25) is 0 Å². The third-order valence-electron chi connectivity index (χ3n) is 4.28. The molecule has 6 nitrogen and oxygen atoms in total. The molecule has 0 fully saturated rings. The summed E-state index contributed by atoms with van der Waals surface area (Å²) in [4.78, 5) is 11.9. The topological polar surface area (TPSA) is 66.0 Å². The molecule has 7 heteroatoms. The molecule has 0 bridgehead atoms. The summed E-state index contributed by atoms with van der Waals surface area (Å²) in [6.07, 6.45) is 2.05. The number of carbonyl (C=O) groups is 1. The van der Waals surface area contributed by atoms with E-state index >= 15 is 4.39 Å². The normalized spacial score (nSPS) is 13.5. The summed E-state index contributed by atoms with van der Waals surface area (Å²) in [5.74, 6) is -0.405. The monoisotopic (exact) mass is 415 g/mol. The van der Waals surface area contributed by atoms with Crippen LogP contribution < -0.4 is 10.1 Å². The average molecular weight is 415 g/mol. The van der Waals surface area contributed by atoms with Crippen molar-refractivity contribution in [1.82, 2.24) is 0 Å². The van der Waals surface area contributed by atoms with Crippen LogP contribution in [0.25, 0.3) is 0 Å². The molecule has 0 atom stereocenters. The molecule has 2 aromatic rings. The number of hydrogen-bond acceptors (Lipinski definition) is 5. The molecule has 0 saturated carbocycles. The van der Waals surface area contributed by atoms with Crippen molar-refractivity contribution in [2.24, 2.45) is 0 Å². The number of hydrogen-bond donors (Lipinski definition) is 1. The molecule has 1 aliphatic heterocycles. The van der Waals surface area contributed by atoms with Crippen LogP contribution in [0, 0.1) is 5.82 Å². The van der Waals surface area contributed by atoms with E-state index in [0.29, 0.717) is 17.7 Å². The number of carbonyl (C=O) groups excluding carboxylic acids is 1. The number of ether oxygens (including phenoxy) is 4. The third-order valence-corrected chi connectivity index (χ3v) is 4.28. The molecule has 0 saturated heterocycles. The van der Waals surface area contributed by atoms with Gasteiger partial charge in [-0.25, -0.2) is 9.18 Å². The van der Waals surface area contributed by atoms with Gasteiger partial charge in [0.15, 0.2) is 11.6 Å². The highest BCUT2D eigenvalue weighted by Gasteiger charge is 2.26. The maximum Gasteiger partial charge on any atom is 0.412 e. The second-order valence-electron chi connectivity index (χ2n) is 7.80. The van der Waals surface area contributed by atoms with E-state index in [1.165, 1.54) is 12.5 Å². The van der Waals surface area contributed by atoms with Gasteiger partial charge >= 0.3 is 6.09 Å². The average Bonchev–Trinajstić information content (AvgIpc) is 3.19. The van der Waals surface area contributed by atoms with Crippen molar-refractivity contribution >= 4 is 11.8 Å². The van der Waals surface area contributed by atoms with Gasteiger partial charge in [-0.05, 0) is 56.5 Å². The second-order valence-corrected chi connectivity index (χ2v) is 7.80. The Balaban J connectivity index is 1.70. The number of nitrogens with one attached hydrogen (secondary N) is 1. The maximum absolute atomic E-state index is 15.1. The Labute approximate surface area is 175 Å². The van der Waals surface area contributed by atoms with Crippen LogP contribution in [0.2, 0.25) is 0 Å². The van der Waals surface area contributed by atoms with Crippen LogP contribution in [0.5, 0.6) is 5.75 Å². The molecule has 3 rings (SSSR count). The van der Waals surface area contributed by atoms with Gasteiger partial charge in [-0.3, -0.25) is 5.32 Å². The van der Waals surface area contributed by atoms with E-state index in [4.69, 9.17) is 18.9 Å². The van der Waals surface area contributed by atoms with Gasteiger partial charge in [-0.1, -0.05) is 25.1 Å². The Bertz CT molecular complexity index is 928. The van der Waals surface area contributed by atoms with Gasteiger partial charge in [0.05, 0.1) is 5.56 Å². The minimum absolute atomic E-state index is 0.104. The van der Waals surface area contributed by atoms with Gasteiger partial charge in [-0.15, -0.1) is 0 Å². The largest absolute Gasteiger partial charge is 0.486 e. The van der Waals surface area contributed by atoms with E-state index in [0.717, 1.165) is 11.1 Å². The lowest BCUT2D eigenvalue weighted by atomic mass is 10.0.